The second-order valence-corrected chi connectivity index (χ2v) is 4.65. The zero-order valence-electron chi connectivity index (χ0n) is 7.73. The van der Waals surface area contributed by atoms with E-state index in [0.29, 0.717) is 0 Å². The van der Waals surface area contributed by atoms with Crippen molar-refractivity contribution in [1.82, 2.24) is 14.3 Å². The number of aryl methyl sites for hydroxylation is 1. The number of hydrogen-bond donors (Lipinski definition) is 1. The van der Waals surface area contributed by atoms with Crippen LogP contribution < -0.4 is 5.32 Å². The molecule has 4 nitrogen and oxygen atoms in total. The predicted molar refractivity (Wildman–Crippen MR) is 58.7 cm³/mol. The van der Waals surface area contributed by atoms with E-state index in [9.17, 15) is 0 Å². The Hall–Kier alpha value is -1.01. The van der Waals surface area contributed by atoms with E-state index in [2.05, 4.69) is 26.6 Å². The van der Waals surface area contributed by atoms with E-state index < -0.39 is 0 Å². The van der Waals surface area contributed by atoms with Crippen molar-refractivity contribution in [2.75, 3.05) is 5.32 Å². The van der Waals surface area contributed by atoms with E-state index in [0.717, 1.165) is 23.1 Å². The summed E-state index contributed by atoms with van der Waals surface area (Å²) in [7, 11) is 0. The highest BCUT2D eigenvalue weighted by Gasteiger charge is 2.01. The van der Waals surface area contributed by atoms with Gasteiger partial charge >= 0.3 is 0 Å². The summed E-state index contributed by atoms with van der Waals surface area (Å²) < 4.78 is 3.91. The van der Waals surface area contributed by atoms with Crippen LogP contribution in [0.2, 0.25) is 0 Å². The van der Waals surface area contributed by atoms with Crippen LogP contribution in [0.1, 0.15) is 16.8 Å². The van der Waals surface area contributed by atoms with Crippen molar-refractivity contribution >= 4 is 28.0 Å². The minimum atomic E-state index is 0.736. The molecule has 0 atom stereocenters. The largest absolute Gasteiger partial charge is 0.354 e. The third kappa shape index (κ3) is 2.27. The second kappa shape index (κ2) is 4.47. The molecule has 0 fully saturated rings. The standard InChI is InChI=1S/C8H10N4S2/c1-2-6-3-9-7(13-6)4-10-8-11-5-12-14-8/h3,5H,2,4H2,1H3,(H,10,11,12). The van der Waals surface area contributed by atoms with Crippen LogP contribution in [-0.2, 0) is 13.0 Å². The van der Waals surface area contributed by atoms with Crippen LogP contribution >= 0.6 is 22.9 Å². The Bertz CT molecular complexity index is 382. The Morgan fingerprint density at radius 2 is 2.36 bits per heavy atom. The molecule has 74 valence electrons. The van der Waals surface area contributed by atoms with Gasteiger partial charge in [0, 0.05) is 22.6 Å². The van der Waals surface area contributed by atoms with Crippen LogP contribution in [0, 0.1) is 0 Å². The number of thiazole rings is 1. The molecule has 6 heteroatoms. The molecular formula is C8H10N4S2. The molecule has 2 aromatic rings. The number of anilines is 1. The first-order valence-corrected chi connectivity index (χ1v) is 5.91. The van der Waals surface area contributed by atoms with E-state index in [-0.39, 0.29) is 0 Å². The van der Waals surface area contributed by atoms with Crippen LogP contribution in [0.3, 0.4) is 0 Å². The zero-order valence-corrected chi connectivity index (χ0v) is 9.36. The normalized spacial score (nSPS) is 10.4. The number of aromatic nitrogens is 3. The molecule has 2 heterocycles. The Labute approximate surface area is 90.2 Å². The van der Waals surface area contributed by atoms with Gasteiger partial charge in [-0.2, -0.15) is 4.37 Å². The lowest BCUT2D eigenvalue weighted by atomic mass is 10.4. The molecule has 0 aliphatic heterocycles. The van der Waals surface area contributed by atoms with Gasteiger partial charge in [-0.3, -0.25) is 0 Å². The quantitative estimate of drug-likeness (QED) is 0.868. The van der Waals surface area contributed by atoms with E-state index in [1.54, 1.807) is 17.7 Å². The highest BCUT2D eigenvalue weighted by Crippen LogP contribution is 2.15. The molecule has 0 unspecified atom stereocenters. The zero-order chi connectivity index (χ0) is 9.80. The maximum absolute atomic E-state index is 4.30. The van der Waals surface area contributed by atoms with E-state index in [4.69, 9.17) is 0 Å². The van der Waals surface area contributed by atoms with Gasteiger partial charge in [0.2, 0.25) is 5.13 Å². The molecule has 0 aromatic carbocycles. The summed E-state index contributed by atoms with van der Waals surface area (Å²) in [6, 6.07) is 0. The van der Waals surface area contributed by atoms with Crippen molar-refractivity contribution in [3.05, 3.63) is 22.4 Å². The van der Waals surface area contributed by atoms with Crippen molar-refractivity contribution in [1.29, 1.82) is 0 Å². The van der Waals surface area contributed by atoms with Gasteiger partial charge in [0.05, 0.1) is 6.54 Å². The molecule has 14 heavy (non-hydrogen) atoms. The molecular weight excluding hydrogens is 216 g/mol. The highest BCUT2D eigenvalue weighted by molar-refractivity contribution is 7.11. The lowest BCUT2D eigenvalue weighted by Gasteiger charge is -1.96. The van der Waals surface area contributed by atoms with Crippen LogP contribution in [0.4, 0.5) is 5.13 Å². The Kier molecular flexibility index (Phi) is 3.05. The first-order valence-electron chi connectivity index (χ1n) is 4.32. The molecule has 0 spiro atoms. The van der Waals surface area contributed by atoms with Gasteiger partial charge in [0.1, 0.15) is 11.3 Å². The van der Waals surface area contributed by atoms with Gasteiger partial charge in [0.25, 0.3) is 0 Å². The molecule has 2 rings (SSSR count). The summed E-state index contributed by atoms with van der Waals surface area (Å²) in [4.78, 5) is 9.65. The summed E-state index contributed by atoms with van der Waals surface area (Å²) >= 11 is 3.10. The highest BCUT2D eigenvalue weighted by atomic mass is 32.1. The number of rotatable bonds is 4. The van der Waals surface area contributed by atoms with Gasteiger partial charge in [-0.25, -0.2) is 9.97 Å². The minimum absolute atomic E-state index is 0.736. The van der Waals surface area contributed by atoms with Gasteiger partial charge in [-0.1, -0.05) is 6.92 Å². The minimum Gasteiger partial charge on any atom is -0.354 e. The molecule has 0 saturated heterocycles. The average molecular weight is 226 g/mol. The number of nitrogens with zero attached hydrogens (tertiary/aromatic N) is 3. The van der Waals surface area contributed by atoms with Crippen molar-refractivity contribution < 1.29 is 0 Å². The molecule has 1 N–H and O–H groups in total. The van der Waals surface area contributed by atoms with E-state index in [1.165, 1.54) is 16.4 Å². The molecule has 0 bridgehead atoms. The summed E-state index contributed by atoms with van der Waals surface area (Å²) in [6.07, 6.45) is 4.53. The third-order valence-corrected chi connectivity index (χ3v) is 3.47. The number of hydrogen-bond acceptors (Lipinski definition) is 6. The molecule has 0 amide bonds. The fourth-order valence-corrected chi connectivity index (χ4v) is 2.22. The van der Waals surface area contributed by atoms with Crippen LogP contribution in [-0.4, -0.2) is 14.3 Å². The lowest BCUT2D eigenvalue weighted by molar-refractivity contribution is 1.09. The maximum Gasteiger partial charge on any atom is 0.202 e. The second-order valence-electron chi connectivity index (χ2n) is 2.67. The fourth-order valence-electron chi connectivity index (χ4n) is 0.995. The summed E-state index contributed by atoms with van der Waals surface area (Å²) in [5.74, 6) is 0. The van der Waals surface area contributed by atoms with Crippen LogP contribution in [0.5, 0.6) is 0 Å². The van der Waals surface area contributed by atoms with Crippen LogP contribution in [0.15, 0.2) is 12.5 Å². The maximum atomic E-state index is 4.30. The monoisotopic (exact) mass is 226 g/mol. The average Bonchev–Trinajstić information content (AvgIpc) is 2.86. The van der Waals surface area contributed by atoms with Gasteiger partial charge in [-0.15, -0.1) is 11.3 Å². The van der Waals surface area contributed by atoms with Gasteiger partial charge < -0.3 is 5.32 Å². The molecule has 0 saturated carbocycles. The van der Waals surface area contributed by atoms with Crippen molar-refractivity contribution in [2.45, 2.75) is 19.9 Å². The Balaban J connectivity index is 1.92. The van der Waals surface area contributed by atoms with Crippen molar-refractivity contribution in [2.24, 2.45) is 0 Å². The Morgan fingerprint density at radius 1 is 1.43 bits per heavy atom. The molecule has 0 aliphatic carbocycles. The van der Waals surface area contributed by atoms with Crippen molar-refractivity contribution in [3.8, 4) is 0 Å². The Morgan fingerprint density at radius 3 is 3.00 bits per heavy atom. The molecule has 2 aromatic heterocycles. The first-order chi connectivity index (χ1) is 6.88. The van der Waals surface area contributed by atoms with E-state index in [1.807, 2.05) is 6.20 Å². The predicted octanol–water partition coefficient (Wildman–Crippen LogP) is 2.17. The lowest BCUT2D eigenvalue weighted by Crippen LogP contribution is -1.97. The SMILES string of the molecule is CCc1cnc(CNc2ncns2)s1. The summed E-state index contributed by atoms with van der Waals surface area (Å²) in [5, 5.41) is 5.11. The fraction of sp³-hybridized carbons (Fsp3) is 0.375. The van der Waals surface area contributed by atoms with Gasteiger partial charge in [-0.05, 0) is 6.42 Å². The van der Waals surface area contributed by atoms with Crippen LogP contribution in [0.25, 0.3) is 0 Å². The van der Waals surface area contributed by atoms with E-state index >= 15 is 0 Å². The van der Waals surface area contributed by atoms with Crippen molar-refractivity contribution in [3.63, 3.8) is 0 Å². The first kappa shape index (κ1) is 9.54. The molecule has 0 aliphatic rings. The summed E-state index contributed by atoms with van der Waals surface area (Å²) in [5.41, 5.74) is 0. The summed E-state index contributed by atoms with van der Waals surface area (Å²) in [6.45, 7) is 2.87. The molecule has 0 radical (unpaired) electrons. The smallest absolute Gasteiger partial charge is 0.202 e. The van der Waals surface area contributed by atoms with Gasteiger partial charge in [0.15, 0.2) is 0 Å². The topological polar surface area (TPSA) is 50.7 Å². The third-order valence-electron chi connectivity index (χ3n) is 1.70. The number of nitrogens with one attached hydrogen (secondary N) is 1.